The standard InChI is InChI=1S/C17H27N5O2/c1-11(2)24-10-6-9-18-16(23)8-7-15-12(3)19-17-20-14(5)21-22(17)13(15)4/h11H,6-10H2,1-5H3,(H,18,23). The SMILES string of the molecule is Cc1nc2nc(C)c(CCC(=O)NCCCOC(C)C)c(C)n2n1. The first-order valence-corrected chi connectivity index (χ1v) is 8.46. The van der Waals surface area contributed by atoms with Crippen LogP contribution in [-0.4, -0.2) is 44.7 Å². The normalized spacial score (nSPS) is 11.4. The van der Waals surface area contributed by atoms with Crippen molar-refractivity contribution in [3.05, 3.63) is 22.8 Å². The average molecular weight is 333 g/mol. The van der Waals surface area contributed by atoms with E-state index in [1.54, 1.807) is 4.52 Å². The first kappa shape index (κ1) is 18.3. The molecule has 1 N–H and O–H groups in total. The number of fused-ring (bicyclic) bond motifs is 1. The number of aromatic nitrogens is 4. The smallest absolute Gasteiger partial charge is 0.252 e. The third-order valence-corrected chi connectivity index (χ3v) is 3.85. The summed E-state index contributed by atoms with van der Waals surface area (Å²) >= 11 is 0. The van der Waals surface area contributed by atoms with Gasteiger partial charge >= 0.3 is 0 Å². The summed E-state index contributed by atoms with van der Waals surface area (Å²) in [6.07, 6.45) is 2.14. The Labute approximate surface area is 142 Å². The Hall–Kier alpha value is -2.02. The van der Waals surface area contributed by atoms with Gasteiger partial charge in [0.1, 0.15) is 5.82 Å². The van der Waals surface area contributed by atoms with Crippen molar-refractivity contribution < 1.29 is 9.53 Å². The predicted molar refractivity (Wildman–Crippen MR) is 92.0 cm³/mol. The maximum atomic E-state index is 12.0. The molecular formula is C17H27N5O2. The van der Waals surface area contributed by atoms with Gasteiger partial charge in [0.15, 0.2) is 0 Å². The molecule has 0 saturated carbocycles. The fraction of sp³-hybridized carbons (Fsp3) is 0.647. The van der Waals surface area contributed by atoms with Gasteiger partial charge < -0.3 is 10.1 Å². The molecule has 0 fully saturated rings. The number of carbonyl (C=O) groups is 1. The number of aryl methyl sites for hydroxylation is 3. The van der Waals surface area contributed by atoms with Crippen molar-refractivity contribution in [2.24, 2.45) is 0 Å². The van der Waals surface area contributed by atoms with E-state index < -0.39 is 0 Å². The van der Waals surface area contributed by atoms with Gasteiger partial charge in [-0.2, -0.15) is 10.1 Å². The number of amides is 1. The summed E-state index contributed by atoms with van der Waals surface area (Å²) in [6.45, 7) is 11.1. The topological polar surface area (TPSA) is 81.4 Å². The van der Waals surface area contributed by atoms with E-state index in [0.717, 1.165) is 23.4 Å². The highest BCUT2D eigenvalue weighted by atomic mass is 16.5. The molecular weight excluding hydrogens is 306 g/mol. The quantitative estimate of drug-likeness (QED) is 0.746. The molecule has 7 nitrogen and oxygen atoms in total. The van der Waals surface area contributed by atoms with Gasteiger partial charge in [0.25, 0.3) is 5.78 Å². The van der Waals surface area contributed by atoms with E-state index in [2.05, 4.69) is 20.4 Å². The summed E-state index contributed by atoms with van der Waals surface area (Å²) in [5.74, 6) is 1.36. The summed E-state index contributed by atoms with van der Waals surface area (Å²) in [4.78, 5) is 20.8. The van der Waals surface area contributed by atoms with Crippen molar-refractivity contribution in [2.45, 2.75) is 60.0 Å². The zero-order valence-corrected chi connectivity index (χ0v) is 15.2. The molecule has 0 atom stereocenters. The molecule has 132 valence electrons. The van der Waals surface area contributed by atoms with Crippen LogP contribution in [-0.2, 0) is 16.0 Å². The molecule has 2 aromatic heterocycles. The predicted octanol–water partition coefficient (Wildman–Crippen LogP) is 1.91. The fourth-order valence-corrected chi connectivity index (χ4v) is 2.62. The van der Waals surface area contributed by atoms with Crippen LogP contribution in [0, 0.1) is 20.8 Å². The molecule has 0 aliphatic heterocycles. The Balaban J connectivity index is 1.87. The lowest BCUT2D eigenvalue weighted by molar-refractivity contribution is -0.121. The molecule has 0 aliphatic rings. The Kier molecular flexibility index (Phi) is 6.25. The third-order valence-electron chi connectivity index (χ3n) is 3.85. The van der Waals surface area contributed by atoms with E-state index >= 15 is 0 Å². The molecule has 2 rings (SSSR count). The second-order valence-electron chi connectivity index (χ2n) is 6.26. The van der Waals surface area contributed by atoms with Gasteiger partial charge in [0.05, 0.1) is 6.10 Å². The lowest BCUT2D eigenvalue weighted by Gasteiger charge is -2.11. The largest absolute Gasteiger partial charge is 0.379 e. The van der Waals surface area contributed by atoms with Crippen LogP contribution < -0.4 is 5.32 Å². The summed E-state index contributed by atoms with van der Waals surface area (Å²) in [6, 6.07) is 0. The molecule has 24 heavy (non-hydrogen) atoms. The Bertz CT molecular complexity index is 709. The fourth-order valence-electron chi connectivity index (χ4n) is 2.62. The van der Waals surface area contributed by atoms with Crippen molar-refractivity contribution in [3.63, 3.8) is 0 Å². The zero-order valence-electron chi connectivity index (χ0n) is 15.2. The van der Waals surface area contributed by atoms with Crippen LogP contribution in [0.1, 0.15) is 49.5 Å². The molecule has 0 aromatic carbocycles. The lowest BCUT2D eigenvalue weighted by Crippen LogP contribution is -2.26. The Morgan fingerprint density at radius 2 is 2.00 bits per heavy atom. The second kappa shape index (κ2) is 8.19. The number of rotatable bonds is 8. The van der Waals surface area contributed by atoms with Crippen LogP contribution in [0.25, 0.3) is 5.78 Å². The van der Waals surface area contributed by atoms with Gasteiger partial charge in [-0.25, -0.2) is 9.50 Å². The molecule has 1 amide bonds. The van der Waals surface area contributed by atoms with Crippen molar-refractivity contribution in [1.29, 1.82) is 0 Å². The van der Waals surface area contributed by atoms with Crippen LogP contribution in [0.15, 0.2) is 0 Å². The Morgan fingerprint density at radius 1 is 1.25 bits per heavy atom. The number of hydrogen-bond donors (Lipinski definition) is 1. The van der Waals surface area contributed by atoms with Crippen LogP contribution in [0.4, 0.5) is 0 Å². The minimum Gasteiger partial charge on any atom is -0.379 e. The molecule has 0 saturated heterocycles. The number of carbonyl (C=O) groups excluding carboxylic acids is 1. The molecule has 0 spiro atoms. The number of hydrogen-bond acceptors (Lipinski definition) is 5. The van der Waals surface area contributed by atoms with Gasteiger partial charge in [-0.05, 0) is 53.0 Å². The summed E-state index contributed by atoms with van der Waals surface area (Å²) < 4.78 is 7.20. The van der Waals surface area contributed by atoms with E-state index in [0.29, 0.717) is 37.6 Å². The maximum absolute atomic E-state index is 12.0. The number of nitrogens with zero attached hydrogens (tertiary/aromatic N) is 4. The molecule has 0 unspecified atom stereocenters. The summed E-state index contributed by atoms with van der Waals surface area (Å²) in [5, 5.41) is 7.29. The molecule has 0 radical (unpaired) electrons. The molecule has 7 heteroatoms. The number of ether oxygens (including phenoxy) is 1. The van der Waals surface area contributed by atoms with Gasteiger partial charge in [0, 0.05) is 31.0 Å². The van der Waals surface area contributed by atoms with E-state index in [1.807, 2.05) is 34.6 Å². The van der Waals surface area contributed by atoms with Gasteiger partial charge in [-0.3, -0.25) is 4.79 Å². The first-order chi connectivity index (χ1) is 11.4. The van der Waals surface area contributed by atoms with Crippen LogP contribution in [0.3, 0.4) is 0 Å². The highest BCUT2D eigenvalue weighted by Crippen LogP contribution is 2.15. The van der Waals surface area contributed by atoms with Crippen molar-refractivity contribution in [1.82, 2.24) is 24.9 Å². The minimum atomic E-state index is 0.0493. The highest BCUT2D eigenvalue weighted by molar-refractivity contribution is 5.76. The zero-order chi connectivity index (χ0) is 17.7. The lowest BCUT2D eigenvalue weighted by atomic mass is 10.1. The molecule has 2 heterocycles. The van der Waals surface area contributed by atoms with E-state index in [9.17, 15) is 4.79 Å². The van der Waals surface area contributed by atoms with Crippen LogP contribution in [0.5, 0.6) is 0 Å². The summed E-state index contributed by atoms with van der Waals surface area (Å²) in [7, 11) is 0. The van der Waals surface area contributed by atoms with E-state index in [4.69, 9.17) is 4.74 Å². The van der Waals surface area contributed by atoms with E-state index in [1.165, 1.54) is 0 Å². The second-order valence-corrected chi connectivity index (χ2v) is 6.26. The molecule has 0 aliphatic carbocycles. The monoisotopic (exact) mass is 333 g/mol. The average Bonchev–Trinajstić information content (AvgIpc) is 2.87. The van der Waals surface area contributed by atoms with Crippen LogP contribution >= 0.6 is 0 Å². The molecule has 0 bridgehead atoms. The first-order valence-electron chi connectivity index (χ1n) is 8.46. The van der Waals surface area contributed by atoms with E-state index in [-0.39, 0.29) is 12.0 Å². The molecule has 2 aromatic rings. The number of nitrogens with one attached hydrogen (secondary N) is 1. The van der Waals surface area contributed by atoms with Crippen LogP contribution in [0.2, 0.25) is 0 Å². The minimum absolute atomic E-state index is 0.0493. The maximum Gasteiger partial charge on any atom is 0.252 e. The van der Waals surface area contributed by atoms with Crippen molar-refractivity contribution >= 4 is 11.7 Å². The Morgan fingerprint density at radius 3 is 2.71 bits per heavy atom. The highest BCUT2D eigenvalue weighted by Gasteiger charge is 2.13. The van der Waals surface area contributed by atoms with Gasteiger partial charge in [-0.15, -0.1) is 0 Å². The van der Waals surface area contributed by atoms with Crippen molar-refractivity contribution in [2.75, 3.05) is 13.2 Å². The third kappa shape index (κ3) is 4.74. The van der Waals surface area contributed by atoms with Crippen molar-refractivity contribution in [3.8, 4) is 0 Å². The summed E-state index contributed by atoms with van der Waals surface area (Å²) in [5.41, 5.74) is 2.97. The van der Waals surface area contributed by atoms with Gasteiger partial charge in [0.2, 0.25) is 5.91 Å². The van der Waals surface area contributed by atoms with Gasteiger partial charge in [-0.1, -0.05) is 0 Å².